The van der Waals surface area contributed by atoms with Crippen molar-refractivity contribution in [3.05, 3.63) is 70.2 Å². The van der Waals surface area contributed by atoms with E-state index < -0.39 is 27.4 Å². The van der Waals surface area contributed by atoms with Crippen LogP contribution in [-0.2, 0) is 32.7 Å². The van der Waals surface area contributed by atoms with Crippen molar-refractivity contribution < 1.29 is 18.0 Å². The summed E-state index contributed by atoms with van der Waals surface area (Å²) in [7, 11) is -3.64. The predicted octanol–water partition coefficient (Wildman–Crippen LogP) is 2.13. The van der Waals surface area contributed by atoms with Crippen LogP contribution < -0.4 is 5.32 Å². The van der Waals surface area contributed by atoms with Crippen molar-refractivity contribution in [2.24, 2.45) is 0 Å². The standard InChI is InChI=1S/C21H24BrN3O4S/c1-21(20(27)23-12-16-8-4-3-5-9-16)15-24(30(2,28)29)14-19(26)25(21)13-17-10-6-7-11-18(17)22/h3-11H,12-15H2,1-2H3,(H,23,27). The summed E-state index contributed by atoms with van der Waals surface area (Å²) in [6.45, 7) is 1.69. The van der Waals surface area contributed by atoms with Crippen LogP contribution in [0.15, 0.2) is 59.1 Å². The third kappa shape index (κ3) is 4.91. The lowest BCUT2D eigenvalue weighted by molar-refractivity contribution is -0.153. The number of benzene rings is 2. The Morgan fingerprint density at radius 3 is 2.40 bits per heavy atom. The molecule has 1 N–H and O–H groups in total. The lowest BCUT2D eigenvalue weighted by Crippen LogP contribution is -2.69. The molecule has 1 atom stereocenters. The van der Waals surface area contributed by atoms with Gasteiger partial charge in [0.1, 0.15) is 5.54 Å². The molecule has 1 saturated heterocycles. The van der Waals surface area contributed by atoms with Gasteiger partial charge in [0, 0.05) is 24.1 Å². The minimum Gasteiger partial charge on any atom is -0.350 e. The number of rotatable bonds is 6. The Bertz CT molecular complexity index is 1050. The molecule has 0 radical (unpaired) electrons. The Kier molecular flexibility index (Phi) is 6.64. The highest BCUT2D eigenvalue weighted by Crippen LogP contribution is 2.28. The molecule has 2 aromatic rings. The minimum atomic E-state index is -3.64. The first-order valence-electron chi connectivity index (χ1n) is 9.42. The fraction of sp³-hybridized carbons (Fsp3) is 0.333. The second-order valence-corrected chi connectivity index (χ2v) is 10.4. The van der Waals surface area contributed by atoms with Crippen molar-refractivity contribution in [2.75, 3.05) is 19.3 Å². The largest absolute Gasteiger partial charge is 0.350 e. The van der Waals surface area contributed by atoms with Gasteiger partial charge in [-0.3, -0.25) is 9.59 Å². The Morgan fingerprint density at radius 2 is 1.77 bits per heavy atom. The number of piperazine rings is 1. The van der Waals surface area contributed by atoms with Crippen LogP contribution in [0.1, 0.15) is 18.1 Å². The van der Waals surface area contributed by atoms with Gasteiger partial charge in [-0.2, -0.15) is 4.31 Å². The molecule has 3 rings (SSSR count). The first kappa shape index (κ1) is 22.5. The predicted molar refractivity (Wildman–Crippen MR) is 118 cm³/mol. The second kappa shape index (κ2) is 8.87. The molecule has 0 bridgehead atoms. The maximum absolute atomic E-state index is 13.3. The number of hydrogen-bond acceptors (Lipinski definition) is 4. The zero-order valence-corrected chi connectivity index (χ0v) is 19.2. The quantitative estimate of drug-likeness (QED) is 0.667. The normalized spacial score (nSPS) is 20.2. The van der Waals surface area contributed by atoms with E-state index in [0.717, 1.165) is 26.2 Å². The Balaban J connectivity index is 1.91. The zero-order chi connectivity index (χ0) is 21.9. The first-order chi connectivity index (χ1) is 14.1. The molecule has 0 saturated carbocycles. The molecular weight excluding hydrogens is 470 g/mol. The van der Waals surface area contributed by atoms with Crippen LogP contribution in [0.5, 0.6) is 0 Å². The van der Waals surface area contributed by atoms with Crippen molar-refractivity contribution in [3.8, 4) is 0 Å². The third-order valence-corrected chi connectivity index (χ3v) is 7.20. The summed E-state index contributed by atoms with van der Waals surface area (Å²) in [6, 6.07) is 16.8. The van der Waals surface area contributed by atoms with E-state index in [1.54, 1.807) is 6.92 Å². The molecule has 0 spiro atoms. The molecule has 1 unspecified atom stereocenters. The van der Waals surface area contributed by atoms with Gasteiger partial charge >= 0.3 is 0 Å². The summed E-state index contributed by atoms with van der Waals surface area (Å²) >= 11 is 3.48. The molecule has 30 heavy (non-hydrogen) atoms. The van der Waals surface area contributed by atoms with Crippen LogP contribution in [0, 0.1) is 0 Å². The van der Waals surface area contributed by atoms with Gasteiger partial charge in [0.05, 0.1) is 12.8 Å². The van der Waals surface area contributed by atoms with E-state index in [2.05, 4.69) is 21.2 Å². The molecule has 1 aliphatic heterocycles. The molecule has 9 heteroatoms. The van der Waals surface area contributed by atoms with Crippen LogP contribution >= 0.6 is 15.9 Å². The van der Waals surface area contributed by atoms with Crippen molar-refractivity contribution in [2.45, 2.75) is 25.6 Å². The average Bonchev–Trinajstić information content (AvgIpc) is 2.70. The molecule has 7 nitrogen and oxygen atoms in total. The fourth-order valence-corrected chi connectivity index (χ4v) is 4.69. The van der Waals surface area contributed by atoms with Crippen LogP contribution in [0.4, 0.5) is 0 Å². The number of halogens is 1. The smallest absolute Gasteiger partial charge is 0.247 e. The van der Waals surface area contributed by atoms with Gasteiger partial charge in [-0.15, -0.1) is 0 Å². The van der Waals surface area contributed by atoms with E-state index in [-0.39, 0.29) is 26.2 Å². The van der Waals surface area contributed by atoms with Crippen molar-refractivity contribution in [3.63, 3.8) is 0 Å². The van der Waals surface area contributed by atoms with Gasteiger partial charge in [-0.1, -0.05) is 64.5 Å². The Morgan fingerprint density at radius 1 is 1.13 bits per heavy atom. The highest BCUT2D eigenvalue weighted by molar-refractivity contribution is 9.10. The highest BCUT2D eigenvalue weighted by Gasteiger charge is 2.49. The molecule has 1 heterocycles. The van der Waals surface area contributed by atoms with Crippen molar-refractivity contribution in [1.29, 1.82) is 0 Å². The lowest BCUT2D eigenvalue weighted by atomic mass is 9.94. The molecule has 1 fully saturated rings. The van der Waals surface area contributed by atoms with E-state index in [1.807, 2.05) is 54.6 Å². The number of nitrogens with zero attached hydrogens (tertiary/aromatic N) is 2. The molecular formula is C21H24BrN3O4S. The topological polar surface area (TPSA) is 86.8 Å². The molecule has 0 aliphatic carbocycles. The minimum absolute atomic E-state index is 0.108. The highest BCUT2D eigenvalue weighted by atomic mass is 79.9. The number of amides is 2. The average molecular weight is 494 g/mol. The third-order valence-electron chi connectivity index (χ3n) is 5.23. The summed E-state index contributed by atoms with van der Waals surface area (Å²) in [5, 5.41) is 2.87. The fourth-order valence-electron chi connectivity index (χ4n) is 3.45. The number of carbonyl (C=O) groups excluding carboxylic acids is 2. The summed E-state index contributed by atoms with van der Waals surface area (Å²) < 4.78 is 26.2. The molecule has 160 valence electrons. The lowest BCUT2D eigenvalue weighted by Gasteiger charge is -2.46. The van der Waals surface area contributed by atoms with Gasteiger partial charge < -0.3 is 10.2 Å². The van der Waals surface area contributed by atoms with E-state index in [0.29, 0.717) is 0 Å². The maximum Gasteiger partial charge on any atom is 0.247 e. The molecule has 0 aromatic heterocycles. The van der Waals surface area contributed by atoms with Gasteiger partial charge in [-0.05, 0) is 24.1 Å². The van der Waals surface area contributed by atoms with Gasteiger partial charge in [0.25, 0.3) is 0 Å². The monoisotopic (exact) mass is 493 g/mol. The SMILES string of the molecule is CC1(C(=O)NCc2ccccc2)CN(S(C)(=O)=O)CC(=O)N1Cc1ccccc1Br. The van der Waals surface area contributed by atoms with Gasteiger partial charge in [0.2, 0.25) is 21.8 Å². The van der Waals surface area contributed by atoms with E-state index >= 15 is 0 Å². The van der Waals surface area contributed by atoms with Crippen LogP contribution in [-0.4, -0.2) is 54.3 Å². The number of carbonyl (C=O) groups is 2. The second-order valence-electron chi connectivity index (χ2n) is 7.54. The van der Waals surface area contributed by atoms with Crippen molar-refractivity contribution in [1.82, 2.24) is 14.5 Å². The Labute approximate surface area is 185 Å². The summed E-state index contributed by atoms with van der Waals surface area (Å²) in [6.07, 6.45) is 1.05. The maximum atomic E-state index is 13.3. The number of nitrogens with one attached hydrogen (secondary N) is 1. The van der Waals surface area contributed by atoms with Crippen LogP contribution in [0.2, 0.25) is 0 Å². The summed E-state index contributed by atoms with van der Waals surface area (Å²) in [4.78, 5) is 27.7. The summed E-state index contributed by atoms with van der Waals surface area (Å²) in [5.41, 5.74) is 0.386. The van der Waals surface area contributed by atoms with E-state index in [4.69, 9.17) is 0 Å². The van der Waals surface area contributed by atoms with Crippen LogP contribution in [0.3, 0.4) is 0 Å². The van der Waals surface area contributed by atoms with Gasteiger partial charge in [-0.25, -0.2) is 8.42 Å². The Hall–Kier alpha value is -2.23. The summed E-state index contributed by atoms with van der Waals surface area (Å²) in [5.74, 6) is -0.820. The first-order valence-corrected chi connectivity index (χ1v) is 12.1. The van der Waals surface area contributed by atoms with Gasteiger partial charge in [0.15, 0.2) is 0 Å². The zero-order valence-electron chi connectivity index (χ0n) is 16.8. The van der Waals surface area contributed by atoms with Crippen molar-refractivity contribution >= 4 is 37.8 Å². The number of sulfonamides is 1. The molecule has 1 aliphatic rings. The van der Waals surface area contributed by atoms with E-state index in [1.165, 1.54) is 4.90 Å². The van der Waals surface area contributed by atoms with Crippen LogP contribution in [0.25, 0.3) is 0 Å². The molecule has 2 amide bonds. The number of hydrogen-bond donors (Lipinski definition) is 1. The molecule has 2 aromatic carbocycles. The van der Waals surface area contributed by atoms with E-state index in [9.17, 15) is 18.0 Å².